The molecule has 1 aromatic heterocycles. The van der Waals surface area contributed by atoms with E-state index in [1.807, 2.05) is 18.4 Å². The molecule has 2 saturated carbocycles. The van der Waals surface area contributed by atoms with Gasteiger partial charge in [-0.1, -0.05) is 24.6 Å². The number of furan rings is 1. The summed E-state index contributed by atoms with van der Waals surface area (Å²) in [5.41, 5.74) is 2.29. The molecule has 2 heteroatoms. The Balaban J connectivity index is 1.37. The van der Waals surface area contributed by atoms with Gasteiger partial charge in [0.25, 0.3) is 0 Å². The summed E-state index contributed by atoms with van der Waals surface area (Å²) in [7, 11) is 0. The number of nitrogens with one attached hydrogen (secondary N) is 1. The van der Waals surface area contributed by atoms with Crippen LogP contribution in [0.1, 0.15) is 31.2 Å². The van der Waals surface area contributed by atoms with E-state index >= 15 is 0 Å². The lowest BCUT2D eigenvalue weighted by Gasteiger charge is -2.21. The van der Waals surface area contributed by atoms with Gasteiger partial charge in [-0.3, -0.25) is 0 Å². The summed E-state index contributed by atoms with van der Waals surface area (Å²) in [4.78, 5) is 0. The average Bonchev–Trinajstić information content (AvgIpc) is 3.14. The molecule has 3 atom stereocenters. The van der Waals surface area contributed by atoms with Crippen molar-refractivity contribution in [2.45, 2.75) is 32.2 Å². The van der Waals surface area contributed by atoms with Crippen molar-refractivity contribution in [1.82, 2.24) is 5.32 Å². The van der Waals surface area contributed by atoms with Crippen molar-refractivity contribution in [1.29, 1.82) is 0 Å². The Morgan fingerprint density at radius 2 is 2.11 bits per heavy atom. The van der Waals surface area contributed by atoms with Gasteiger partial charge in [0.1, 0.15) is 5.58 Å². The highest BCUT2D eigenvalue weighted by atomic mass is 16.3. The monoisotopic (exact) mass is 255 g/mol. The number of hydrogen-bond acceptors (Lipinski definition) is 2. The van der Waals surface area contributed by atoms with Crippen molar-refractivity contribution in [3.8, 4) is 0 Å². The zero-order valence-corrected chi connectivity index (χ0v) is 11.3. The van der Waals surface area contributed by atoms with Crippen molar-refractivity contribution in [3.05, 3.63) is 36.1 Å². The van der Waals surface area contributed by atoms with Crippen LogP contribution in [0.5, 0.6) is 0 Å². The number of hydrogen-bond donors (Lipinski definition) is 1. The third kappa shape index (κ3) is 2.08. The van der Waals surface area contributed by atoms with Gasteiger partial charge in [0.05, 0.1) is 6.26 Å². The minimum absolute atomic E-state index is 0.928. The summed E-state index contributed by atoms with van der Waals surface area (Å²) in [6, 6.07) is 8.29. The molecule has 0 spiro atoms. The van der Waals surface area contributed by atoms with Crippen molar-refractivity contribution >= 4 is 11.0 Å². The third-order valence-electron chi connectivity index (χ3n) is 5.17. The summed E-state index contributed by atoms with van der Waals surface area (Å²) in [6.07, 6.45) is 7.84. The van der Waals surface area contributed by atoms with Crippen LogP contribution in [0, 0.1) is 17.8 Å². The van der Waals surface area contributed by atoms with Gasteiger partial charge in [0.15, 0.2) is 0 Å². The lowest BCUT2D eigenvalue weighted by atomic mass is 9.89. The van der Waals surface area contributed by atoms with Crippen LogP contribution in [0.25, 0.3) is 11.0 Å². The number of para-hydroxylation sites is 1. The summed E-state index contributed by atoms with van der Waals surface area (Å²) >= 11 is 0. The molecule has 1 heterocycles. The minimum atomic E-state index is 0.928. The van der Waals surface area contributed by atoms with E-state index in [0.717, 1.165) is 29.9 Å². The highest BCUT2D eigenvalue weighted by Crippen LogP contribution is 2.47. The molecule has 0 aliphatic heterocycles. The van der Waals surface area contributed by atoms with Gasteiger partial charge in [0, 0.05) is 17.5 Å². The smallest absolute Gasteiger partial charge is 0.134 e. The van der Waals surface area contributed by atoms with Gasteiger partial charge in [-0.2, -0.15) is 0 Å². The fraction of sp³-hybridized carbons (Fsp3) is 0.529. The van der Waals surface area contributed by atoms with Crippen LogP contribution in [0.15, 0.2) is 34.9 Å². The van der Waals surface area contributed by atoms with Crippen molar-refractivity contribution in [2.24, 2.45) is 17.8 Å². The first-order valence-corrected chi connectivity index (χ1v) is 7.56. The van der Waals surface area contributed by atoms with E-state index in [0.29, 0.717) is 0 Å². The molecule has 3 unspecified atom stereocenters. The zero-order valence-electron chi connectivity index (χ0n) is 11.3. The van der Waals surface area contributed by atoms with Gasteiger partial charge in [-0.05, 0) is 49.6 Å². The molecule has 0 saturated heterocycles. The molecule has 1 aromatic carbocycles. The fourth-order valence-corrected chi connectivity index (χ4v) is 4.19. The van der Waals surface area contributed by atoms with Gasteiger partial charge < -0.3 is 9.73 Å². The van der Waals surface area contributed by atoms with Crippen LogP contribution in [-0.4, -0.2) is 6.54 Å². The van der Waals surface area contributed by atoms with E-state index in [2.05, 4.69) is 17.4 Å². The molecule has 2 aliphatic carbocycles. The molecule has 1 N–H and O–H groups in total. The first-order valence-electron chi connectivity index (χ1n) is 7.56. The number of rotatable bonds is 4. The Hall–Kier alpha value is -1.28. The Labute approximate surface area is 114 Å². The molecular formula is C17H21NO. The zero-order chi connectivity index (χ0) is 12.7. The topological polar surface area (TPSA) is 25.2 Å². The van der Waals surface area contributed by atoms with Crippen LogP contribution >= 0.6 is 0 Å². The van der Waals surface area contributed by atoms with E-state index in [-0.39, 0.29) is 0 Å². The number of fused-ring (bicyclic) bond motifs is 3. The molecule has 2 aliphatic rings. The molecule has 2 bridgehead atoms. The van der Waals surface area contributed by atoms with E-state index in [9.17, 15) is 0 Å². The Morgan fingerprint density at radius 1 is 1.16 bits per heavy atom. The SMILES string of the molecule is c1ccc2c(CNCC3CC4CCC3C4)coc2c1. The molecule has 0 radical (unpaired) electrons. The molecule has 2 aromatic rings. The second-order valence-electron chi connectivity index (χ2n) is 6.32. The summed E-state index contributed by atoms with van der Waals surface area (Å²) in [5, 5.41) is 4.90. The molecular weight excluding hydrogens is 234 g/mol. The summed E-state index contributed by atoms with van der Waals surface area (Å²) < 4.78 is 5.58. The molecule has 2 nitrogen and oxygen atoms in total. The minimum Gasteiger partial charge on any atom is -0.464 e. The Bertz CT molecular complexity index is 573. The van der Waals surface area contributed by atoms with Crippen LogP contribution in [0.4, 0.5) is 0 Å². The highest BCUT2D eigenvalue weighted by molar-refractivity contribution is 5.80. The van der Waals surface area contributed by atoms with E-state index in [4.69, 9.17) is 4.42 Å². The first kappa shape index (κ1) is 11.5. The Morgan fingerprint density at radius 3 is 2.95 bits per heavy atom. The standard InChI is InChI=1S/C17H21NO/c1-2-4-17-16(3-1)15(11-19-17)10-18-9-14-8-12-5-6-13(14)7-12/h1-4,11-14,18H,5-10H2. The van der Waals surface area contributed by atoms with Crippen LogP contribution < -0.4 is 5.32 Å². The maximum atomic E-state index is 5.58. The maximum Gasteiger partial charge on any atom is 0.134 e. The first-order chi connectivity index (χ1) is 9.40. The summed E-state index contributed by atoms with van der Waals surface area (Å²) in [5.74, 6) is 2.99. The molecule has 4 rings (SSSR count). The normalized spacial score (nSPS) is 29.4. The second-order valence-corrected chi connectivity index (χ2v) is 6.32. The van der Waals surface area contributed by atoms with Crippen LogP contribution in [0.3, 0.4) is 0 Å². The molecule has 2 fully saturated rings. The lowest BCUT2D eigenvalue weighted by Crippen LogP contribution is -2.26. The molecule has 0 amide bonds. The van der Waals surface area contributed by atoms with Gasteiger partial charge in [-0.15, -0.1) is 0 Å². The van der Waals surface area contributed by atoms with Gasteiger partial charge in [-0.25, -0.2) is 0 Å². The third-order valence-corrected chi connectivity index (χ3v) is 5.17. The van der Waals surface area contributed by atoms with Crippen molar-refractivity contribution < 1.29 is 4.42 Å². The van der Waals surface area contributed by atoms with E-state index in [1.165, 1.54) is 43.2 Å². The van der Waals surface area contributed by atoms with Gasteiger partial charge in [0.2, 0.25) is 0 Å². The predicted molar refractivity (Wildman–Crippen MR) is 76.9 cm³/mol. The number of benzene rings is 1. The quantitative estimate of drug-likeness (QED) is 0.894. The van der Waals surface area contributed by atoms with Crippen molar-refractivity contribution in [3.63, 3.8) is 0 Å². The van der Waals surface area contributed by atoms with Crippen LogP contribution in [-0.2, 0) is 6.54 Å². The largest absolute Gasteiger partial charge is 0.464 e. The predicted octanol–water partition coefficient (Wildman–Crippen LogP) is 3.96. The van der Waals surface area contributed by atoms with Crippen LogP contribution in [0.2, 0.25) is 0 Å². The second kappa shape index (κ2) is 4.68. The van der Waals surface area contributed by atoms with E-state index in [1.54, 1.807) is 0 Å². The fourth-order valence-electron chi connectivity index (χ4n) is 4.19. The summed E-state index contributed by atoms with van der Waals surface area (Å²) in [6.45, 7) is 2.12. The lowest BCUT2D eigenvalue weighted by molar-refractivity contribution is 0.318. The average molecular weight is 255 g/mol. The highest BCUT2D eigenvalue weighted by Gasteiger charge is 2.38. The van der Waals surface area contributed by atoms with Crippen molar-refractivity contribution in [2.75, 3.05) is 6.54 Å². The molecule has 100 valence electrons. The van der Waals surface area contributed by atoms with E-state index < -0.39 is 0 Å². The molecule has 19 heavy (non-hydrogen) atoms. The van der Waals surface area contributed by atoms with Gasteiger partial charge >= 0.3 is 0 Å². The maximum absolute atomic E-state index is 5.58. The Kier molecular flexibility index (Phi) is 2.84.